The lowest BCUT2D eigenvalue weighted by molar-refractivity contribution is 0.499. The summed E-state index contributed by atoms with van der Waals surface area (Å²) < 4.78 is 4.24. The summed E-state index contributed by atoms with van der Waals surface area (Å²) in [5.74, 6) is 0. The van der Waals surface area contributed by atoms with Crippen LogP contribution in [0.5, 0.6) is 0 Å². The smallest absolute Gasteiger partial charge is 0.337 e. The summed E-state index contributed by atoms with van der Waals surface area (Å²) in [6.07, 6.45) is 0.824. The zero-order valence-electron chi connectivity index (χ0n) is 4.40. The van der Waals surface area contributed by atoms with Gasteiger partial charge in [-0.3, -0.25) is 4.79 Å². The van der Waals surface area contributed by atoms with E-state index in [1.165, 1.54) is 0 Å². The van der Waals surface area contributed by atoms with Gasteiger partial charge in [0, 0.05) is 12.1 Å². The van der Waals surface area contributed by atoms with Gasteiger partial charge in [0.15, 0.2) is 6.39 Å². The molecule has 0 bridgehead atoms. The Morgan fingerprint density at radius 3 is 2.89 bits per heavy atom. The highest BCUT2D eigenvalue weighted by atomic mass is 16.4. The Bertz CT molecular complexity index is 274. The molecule has 9 heavy (non-hydrogen) atoms. The van der Waals surface area contributed by atoms with E-state index in [4.69, 9.17) is 0 Å². The van der Waals surface area contributed by atoms with E-state index in [-0.39, 0.29) is 0 Å². The second-order valence-corrected chi connectivity index (χ2v) is 1.34. The van der Waals surface area contributed by atoms with Crippen LogP contribution in [0.4, 0.5) is 0 Å². The molecule has 0 saturated carbocycles. The van der Waals surface area contributed by atoms with E-state index in [0.29, 0.717) is 0 Å². The number of hydrogen-bond donors (Lipinski definition) is 0. The van der Waals surface area contributed by atoms with E-state index in [1.54, 1.807) is 0 Å². The van der Waals surface area contributed by atoms with Crippen LogP contribution in [-0.4, -0.2) is 4.98 Å². The van der Waals surface area contributed by atoms with Crippen LogP contribution in [0.15, 0.2) is 32.5 Å². The van der Waals surface area contributed by atoms with Gasteiger partial charge in [-0.2, -0.15) is 4.98 Å². The second kappa shape index (κ2) is 2.21. The van der Waals surface area contributed by atoms with Crippen LogP contribution in [0.2, 0.25) is 0 Å². The van der Waals surface area contributed by atoms with Crippen molar-refractivity contribution in [3.05, 3.63) is 39.3 Å². The minimum absolute atomic E-state index is 0.485. The van der Waals surface area contributed by atoms with Gasteiger partial charge in [0.1, 0.15) is 0 Å². The number of nitrogens with zero attached hydrogens (tertiary/aromatic N) is 1. The van der Waals surface area contributed by atoms with Crippen molar-refractivity contribution in [1.29, 1.82) is 0 Å². The number of rotatable bonds is 0. The first-order valence-corrected chi connectivity index (χ1v) is 2.24. The average molecular weight is 125 g/mol. The Morgan fingerprint density at radius 1 is 1.33 bits per heavy atom. The molecule has 0 unspecified atom stereocenters. The van der Waals surface area contributed by atoms with Crippen LogP contribution in [0.3, 0.4) is 0 Å². The molecule has 0 amide bonds. The fourth-order valence-electron chi connectivity index (χ4n) is 0.352. The fourth-order valence-corrected chi connectivity index (χ4v) is 0.352. The summed E-state index contributed by atoms with van der Waals surface area (Å²) in [5.41, 5.74) is -1.06. The van der Waals surface area contributed by atoms with Crippen molar-refractivity contribution < 1.29 is 4.42 Å². The Kier molecular flexibility index (Phi) is 1.40. The molecule has 0 aliphatic carbocycles. The molecular formula is C5H3NO3. The van der Waals surface area contributed by atoms with Gasteiger partial charge in [0.25, 0.3) is 5.56 Å². The minimum atomic E-state index is -0.579. The van der Waals surface area contributed by atoms with Crippen molar-refractivity contribution in [3.8, 4) is 0 Å². The van der Waals surface area contributed by atoms with Crippen molar-refractivity contribution in [2.24, 2.45) is 0 Å². The van der Waals surface area contributed by atoms with E-state index in [1.807, 2.05) is 0 Å². The maximum atomic E-state index is 10.3. The van der Waals surface area contributed by atoms with Crippen LogP contribution >= 0.6 is 0 Å². The molecule has 0 radical (unpaired) electrons. The lowest BCUT2D eigenvalue weighted by Gasteiger charge is -1.60. The number of aromatic nitrogens is 1. The summed E-state index contributed by atoms with van der Waals surface area (Å²) in [4.78, 5) is 23.8. The molecule has 0 aromatic carbocycles. The Labute approximate surface area is 49.8 Å². The quantitative estimate of drug-likeness (QED) is 0.464. The molecule has 0 aliphatic heterocycles. The topological polar surface area (TPSA) is 60.2 Å². The fraction of sp³-hybridized carbons (Fsp3) is 0. The van der Waals surface area contributed by atoms with Crippen LogP contribution in [0.1, 0.15) is 0 Å². The van der Waals surface area contributed by atoms with Crippen molar-refractivity contribution in [2.75, 3.05) is 0 Å². The van der Waals surface area contributed by atoms with E-state index in [0.717, 1.165) is 18.5 Å². The van der Waals surface area contributed by atoms with E-state index < -0.39 is 11.2 Å². The molecule has 1 heterocycles. The van der Waals surface area contributed by atoms with E-state index >= 15 is 0 Å². The number of hydrogen-bond acceptors (Lipinski definition) is 4. The van der Waals surface area contributed by atoms with E-state index in [9.17, 15) is 9.59 Å². The third kappa shape index (κ3) is 1.49. The minimum Gasteiger partial charge on any atom is -0.411 e. The van der Waals surface area contributed by atoms with Gasteiger partial charge in [-0.05, 0) is 0 Å². The maximum absolute atomic E-state index is 10.3. The summed E-state index contributed by atoms with van der Waals surface area (Å²) >= 11 is 0. The van der Waals surface area contributed by atoms with Crippen LogP contribution in [0, 0.1) is 0 Å². The van der Waals surface area contributed by atoms with Crippen LogP contribution in [0.25, 0.3) is 0 Å². The molecular weight excluding hydrogens is 122 g/mol. The molecule has 0 N–H and O–H groups in total. The zero-order chi connectivity index (χ0) is 6.69. The SMILES string of the molecule is O=c1ccc(=O)ocn1. The molecule has 1 aromatic rings. The van der Waals surface area contributed by atoms with Gasteiger partial charge in [-0.1, -0.05) is 0 Å². The highest BCUT2D eigenvalue weighted by Gasteiger charge is 1.79. The summed E-state index contributed by atoms with van der Waals surface area (Å²) in [5, 5.41) is 0. The van der Waals surface area contributed by atoms with Gasteiger partial charge in [0.2, 0.25) is 0 Å². The third-order valence-corrected chi connectivity index (χ3v) is 0.711. The molecule has 1 rings (SSSR count). The summed E-state index contributed by atoms with van der Waals surface area (Å²) in [6.45, 7) is 0. The van der Waals surface area contributed by atoms with Crippen molar-refractivity contribution in [3.63, 3.8) is 0 Å². The average Bonchev–Trinajstić information content (AvgIpc) is 1.97. The molecule has 0 fully saturated rings. The van der Waals surface area contributed by atoms with Crippen molar-refractivity contribution in [1.82, 2.24) is 4.98 Å². The molecule has 0 spiro atoms. The van der Waals surface area contributed by atoms with Crippen molar-refractivity contribution >= 4 is 0 Å². The van der Waals surface area contributed by atoms with Crippen LogP contribution in [-0.2, 0) is 0 Å². The maximum Gasteiger partial charge on any atom is 0.337 e. The van der Waals surface area contributed by atoms with Gasteiger partial charge >= 0.3 is 5.63 Å². The van der Waals surface area contributed by atoms with Gasteiger partial charge in [-0.25, -0.2) is 4.79 Å². The van der Waals surface area contributed by atoms with Crippen LogP contribution < -0.4 is 11.2 Å². The van der Waals surface area contributed by atoms with Gasteiger partial charge in [-0.15, -0.1) is 0 Å². The summed E-state index contributed by atoms with van der Waals surface area (Å²) in [6, 6.07) is 2.07. The predicted molar refractivity (Wildman–Crippen MR) is 29.0 cm³/mol. The van der Waals surface area contributed by atoms with Gasteiger partial charge < -0.3 is 4.42 Å². The largest absolute Gasteiger partial charge is 0.411 e. The zero-order valence-corrected chi connectivity index (χ0v) is 4.40. The molecule has 4 nitrogen and oxygen atoms in total. The first-order chi connectivity index (χ1) is 4.29. The Morgan fingerprint density at radius 2 is 2.11 bits per heavy atom. The Balaban J connectivity index is 3.51. The second-order valence-electron chi connectivity index (χ2n) is 1.34. The Hall–Kier alpha value is -1.45. The highest BCUT2D eigenvalue weighted by Crippen LogP contribution is 1.59. The molecule has 46 valence electrons. The lowest BCUT2D eigenvalue weighted by Crippen LogP contribution is -1.96. The normalized spacial score (nSPS) is 8.89. The molecule has 0 saturated heterocycles. The molecule has 0 atom stereocenters. The first kappa shape index (κ1) is 5.68. The standard InChI is InChI=1S/C5H3NO3/c7-4-1-2-5(8)9-3-6-4/h1-3H. The van der Waals surface area contributed by atoms with Crippen molar-refractivity contribution in [2.45, 2.75) is 0 Å². The monoisotopic (exact) mass is 125 g/mol. The lowest BCUT2D eigenvalue weighted by atomic mass is 10.6. The first-order valence-electron chi connectivity index (χ1n) is 2.24. The predicted octanol–water partition coefficient (Wildman–Crippen LogP) is -0.605. The molecule has 1 aromatic heterocycles. The van der Waals surface area contributed by atoms with E-state index in [2.05, 4.69) is 9.40 Å². The molecule has 4 heteroatoms. The van der Waals surface area contributed by atoms with Gasteiger partial charge in [0.05, 0.1) is 0 Å². The highest BCUT2D eigenvalue weighted by molar-refractivity contribution is 4.81. The molecule has 0 aliphatic rings. The third-order valence-electron chi connectivity index (χ3n) is 0.711. The summed E-state index contributed by atoms with van der Waals surface area (Å²) in [7, 11) is 0.